The Balaban J connectivity index is 0.00000116. The molecule has 0 fully saturated rings. The summed E-state index contributed by atoms with van der Waals surface area (Å²) in [5, 5.41) is 14.2. The number of hydrogen-bond donors (Lipinski definition) is 1. The smallest absolute Gasteiger partial charge is 0.269 e. The predicted octanol–water partition coefficient (Wildman–Crippen LogP) is 3.59. The lowest BCUT2D eigenvalue weighted by Gasteiger charge is -2.16. The Kier molecular flexibility index (Phi) is 7.04. The van der Waals surface area contributed by atoms with E-state index in [1.54, 1.807) is 0 Å². The summed E-state index contributed by atoms with van der Waals surface area (Å²) >= 11 is 1.49. The van der Waals surface area contributed by atoms with E-state index in [1.807, 2.05) is 27.0 Å². The van der Waals surface area contributed by atoms with Crippen LogP contribution in [0.1, 0.15) is 20.8 Å². The van der Waals surface area contributed by atoms with Crippen molar-refractivity contribution in [1.82, 2.24) is 0 Å². The zero-order valence-electron chi connectivity index (χ0n) is 13.2. The minimum atomic E-state index is -0.469. The number of nitro benzene ring substituents is 1. The molecule has 1 aromatic carbocycles. The summed E-state index contributed by atoms with van der Waals surface area (Å²) in [7, 11) is 0. The van der Waals surface area contributed by atoms with Gasteiger partial charge in [0.2, 0.25) is 5.91 Å². The van der Waals surface area contributed by atoms with Gasteiger partial charge in [0.15, 0.2) is 0 Å². The first-order valence-electron chi connectivity index (χ1n) is 7.16. The number of nitrogens with zero attached hydrogens (tertiary/aromatic N) is 2. The molecule has 0 aliphatic carbocycles. The molecule has 1 aliphatic heterocycles. The zero-order chi connectivity index (χ0) is 16.7. The van der Waals surface area contributed by atoms with Gasteiger partial charge >= 0.3 is 0 Å². The van der Waals surface area contributed by atoms with Gasteiger partial charge in [0.1, 0.15) is 0 Å². The van der Waals surface area contributed by atoms with Gasteiger partial charge in [-0.3, -0.25) is 19.9 Å². The number of benzene rings is 1. The van der Waals surface area contributed by atoms with Crippen LogP contribution in [0, 0.1) is 22.0 Å². The molecule has 120 valence electrons. The summed E-state index contributed by atoms with van der Waals surface area (Å²) in [6.45, 7) is 6.65. The van der Waals surface area contributed by atoms with Crippen LogP contribution in [0.3, 0.4) is 0 Å². The first-order chi connectivity index (χ1) is 10.5. The number of hydrogen-bond acceptors (Lipinski definition) is 5. The van der Waals surface area contributed by atoms with Crippen LogP contribution in [-0.4, -0.2) is 28.7 Å². The van der Waals surface area contributed by atoms with Gasteiger partial charge in [0.25, 0.3) is 5.69 Å². The monoisotopic (exact) mass is 323 g/mol. The lowest BCUT2D eigenvalue weighted by molar-refractivity contribution is -0.384. The summed E-state index contributed by atoms with van der Waals surface area (Å²) < 4.78 is 0. The number of rotatable bonds is 3. The second-order valence-electron chi connectivity index (χ2n) is 4.63. The normalized spacial score (nSPS) is 19.7. The Bertz CT molecular complexity index is 558. The maximum atomic E-state index is 12.3. The SMILES string of the molecule is CC.CSC1=NCC(C)C1C(=O)Nc1ccc([N+](=O)[O-])cc1. The van der Waals surface area contributed by atoms with Gasteiger partial charge in [-0.1, -0.05) is 20.8 Å². The highest BCUT2D eigenvalue weighted by atomic mass is 32.2. The largest absolute Gasteiger partial charge is 0.325 e. The Labute approximate surface area is 134 Å². The van der Waals surface area contributed by atoms with E-state index in [-0.39, 0.29) is 23.4 Å². The van der Waals surface area contributed by atoms with Gasteiger partial charge in [0.05, 0.1) is 15.9 Å². The van der Waals surface area contributed by atoms with Crippen LogP contribution in [0.25, 0.3) is 0 Å². The molecule has 0 saturated heterocycles. The first kappa shape index (κ1) is 18.2. The third-order valence-corrected chi connectivity index (χ3v) is 4.01. The third-order valence-electron chi connectivity index (χ3n) is 3.21. The number of carbonyl (C=O) groups is 1. The molecule has 1 amide bonds. The highest BCUT2D eigenvalue weighted by molar-refractivity contribution is 8.13. The number of nitrogens with one attached hydrogen (secondary N) is 1. The molecule has 1 aromatic rings. The maximum absolute atomic E-state index is 12.3. The van der Waals surface area contributed by atoms with E-state index in [1.165, 1.54) is 36.0 Å². The van der Waals surface area contributed by atoms with E-state index >= 15 is 0 Å². The van der Waals surface area contributed by atoms with Crippen molar-refractivity contribution in [3.63, 3.8) is 0 Å². The molecule has 0 saturated carbocycles. The van der Waals surface area contributed by atoms with E-state index in [0.717, 1.165) is 5.04 Å². The van der Waals surface area contributed by atoms with Crippen LogP contribution in [0.2, 0.25) is 0 Å². The lowest BCUT2D eigenvalue weighted by Crippen LogP contribution is -2.30. The van der Waals surface area contributed by atoms with Crippen LogP contribution in [0.4, 0.5) is 11.4 Å². The topological polar surface area (TPSA) is 84.6 Å². The standard InChI is InChI=1S/C13H15N3O3S.C2H6/c1-8-7-14-13(20-2)11(8)12(17)15-9-3-5-10(6-4-9)16(18)19;1-2/h3-6,8,11H,7H2,1-2H3,(H,15,17);1-2H3. The number of carbonyl (C=O) groups excluding carboxylic acids is 1. The van der Waals surface area contributed by atoms with Crippen LogP contribution >= 0.6 is 11.8 Å². The number of amides is 1. The molecule has 0 spiro atoms. The third kappa shape index (κ3) is 4.30. The van der Waals surface area contributed by atoms with Crippen molar-refractivity contribution < 1.29 is 9.72 Å². The predicted molar refractivity (Wildman–Crippen MR) is 91.5 cm³/mol. The molecule has 1 heterocycles. The van der Waals surface area contributed by atoms with Crippen LogP contribution in [-0.2, 0) is 4.79 Å². The highest BCUT2D eigenvalue weighted by Crippen LogP contribution is 2.28. The average Bonchev–Trinajstić information content (AvgIpc) is 2.90. The van der Waals surface area contributed by atoms with Crippen molar-refractivity contribution in [2.45, 2.75) is 20.8 Å². The summed E-state index contributed by atoms with van der Waals surface area (Å²) in [4.78, 5) is 26.7. The van der Waals surface area contributed by atoms with Gasteiger partial charge < -0.3 is 5.32 Å². The number of thioether (sulfide) groups is 1. The molecule has 0 aromatic heterocycles. The quantitative estimate of drug-likeness (QED) is 0.680. The highest BCUT2D eigenvalue weighted by Gasteiger charge is 2.34. The number of nitro groups is 1. The summed E-state index contributed by atoms with van der Waals surface area (Å²) in [5.41, 5.74) is 0.559. The molecular weight excluding hydrogens is 302 g/mol. The second-order valence-corrected chi connectivity index (χ2v) is 5.46. The average molecular weight is 323 g/mol. The molecule has 2 rings (SSSR count). The fraction of sp³-hybridized carbons (Fsp3) is 0.467. The van der Waals surface area contributed by atoms with E-state index < -0.39 is 4.92 Å². The Morgan fingerprint density at radius 3 is 2.45 bits per heavy atom. The number of non-ortho nitro benzene ring substituents is 1. The van der Waals surface area contributed by atoms with Crippen molar-refractivity contribution in [1.29, 1.82) is 0 Å². The molecule has 0 radical (unpaired) electrons. The molecule has 22 heavy (non-hydrogen) atoms. The molecule has 2 atom stereocenters. The molecule has 1 N–H and O–H groups in total. The van der Waals surface area contributed by atoms with Gasteiger partial charge in [0, 0.05) is 24.4 Å². The minimum absolute atomic E-state index is 0.00333. The molecule has 1 aliphatic rings. The van der Waals surface area contributed by atoms with Crippen LogP contribution in [0.5, 0.6) is 0 Å². The summed E-state index contributed by atoms with van der Waals surface area (Å²) in [6, 6.07) is 5.81. The molecule has 0 bridgehead atoms. The second kappa shape index (κ2) is 8.53. The van der Waals surface area contributed by atoms with E-state index in [9.17, 15) is 14.9 Å². The number of anilines is 1. The lowest BCUT2D eigenvalue weighted by atomic mass is 9.97. The van der Waals surface area contributed by atoms with Crippen molar-refractivity contribution >= 4 is 34.1 Å². The van der Waals surface area contributed by atoms with Crippen molar-refractivity contribution in [2.75, 3.05) is 18.1 Å². The Hall–Kier alpha value is -1.89. The molecule has 7 heteroatoms. The molecule has 2 unspecified atom stereocenters. The van der Waals surface area contributed by atoms with Crippen LogP contribution in [0.15, 0.2) is 29.3 Å². The van der Waals surface area contributed by atoms with Gasteiger partial charge in [-0.15, -0.1) is 11.8 Å². The molecule has 6 nitrogen and oxygen atoms in total. The van der Waals surface area contributed by atoms with Crippen molar-refractivity contribution in [3.8, 4) is 0 Å². The maximum Gasteiger partial charge on any atom is 0.269 e. The fourth-order valence-corrected chi connectivity index (χ4v) is 2.93. The van der Waals surface area contributed by atoms with Gasteiger partial charge in [-0.2, -0.15) is 0 Å². The summed E-state index contributed by atoms with van der Waals surface area (Å²) in [6.07, 6.45) is 1.91. The minimum Gasteiger partial charge on any atom is -0.325 e. The van der Waals surface area contributed by atoms with Crippen molar-refractivity contribution in [3.05, 3.63) is 34.4 Å². The van der Waals surface area contributed by atoms with Crippen LogP contribution < -0.4 is 5.32 Å². The van der Waals surface area contributed by atoms with Gasteiger partial charge in [-0.25, -0.2) is 0 Å². The molecular formula is C15H21N3O3S. The zero-order valence-corrected chi connectivity index (χ0v) is 14.0. The first-order valence-corrected chi connectivity index (χ1v) is 8.39. The van der Waals surface area contributed by atoms with E-state index in [0.29, 0.717) is 12.2 Å². The van der Waals surface area contributed by atoms with Gasteiger partial charge in [-0.05, 0) is 24.3 Å². The fourth-order valence-electron chi connectivity index (χ4n) is 2.13. The van der Waals surface area contributed by atoms with E-state index in [4.69, 9.17) is 0 Å². The van der Waals surface area contributed by atoms with Crippen molar-refractivity contribution in [2.24, 2.45) is 16.8 Å². The summed E-state index contributed by atoms with van der Waals surface area (Å²) in [5.74, 6) is -0.173. The Morgan fingerprint density at radius 2 is 1.95 bits per heavy atom. The van der Waals surface area contributed by atoms with E-state index in [2.05, 4.69) is 10.3 Å². The Morgan fingerprint density at radius 1 is 1.36 bits per heavy atom. The number of aliphatic imine (C=N–C) groups is 1.